The lowest BCUT2D eigenvalue weighted by atomic mass is 10.1. The predicted octanol–water partition coefficient (Wildman–Crippen LogP) is 5.38. The maximum absolute atomic E-state index is 6.04. The first-order valence-electron chi connectivity index (χ1n) is 6.87. The second kappa shape index (κ2) is 5.74. The molecule has 106 valence electrons. The summed E-state index contributed by atoms with van der Waals surface area (Å²) in [6.45, 7) is 4.10. The van der Waals surface area contributed by atoms with Gasteiger partial charge in [-0.1, -0.05) is 35.9 Å². The van der Waals surface area contributed by atoms with Crippen LogP contribution in [0.25, 0.3) is 10.9 Å². The number of benzene rings is 2. The highest BCUT2D eigenvalue weighted by atomic mass is 35.5. The summed E-state index contributed by atoms with van der Waals surface area (Å²) in [7, 11) is 0. The van der Waals surface area contributed by atoms with Gasteiger partial charge in [-0.15, -0.1) is 11.6 Å². The first-order chi connectivity index (χ1) is 10.2. The highest BCUT2D eigenvalue weighted by Gasteiger charge is 2.10. The summed E-state index contributed by atoms with van der Waals surface area (Å²) in [6, 6.07) is 16.1. The SMILES string of the molecule is Cc1ccc(Oc2nc3ccccc3cc2CCl)c(C)c1. The Labute approximate surface area is 129 Å². The van der Waals surface area contributed by atoms with Gasteiger partial charge in [0.25, 0.3) is 0 Å². The zero-order valence-corrected chi connectivity index (χ0v) is 12.8. The van der Waals surface area contributed by atoms with E-state index >= 15 is 0 Å². The first kappa shape index (κ1) is 13.9. The fourth-order valence-electron chi connectivity index (χ4n) is 2.34. The van der Waals surface area contributed by atoms with Crippen molar-refractivity contribution in [2.45, 2.75) is 19.7 Å². The van der Waals surface area contributed by atoms with Gasteiger partial charge in [0.15, 0.2) is 0 Å². The summed E-state index contributed by atoms with van der Waals surface area (Å²) in [4.78, 5) is 4.60. The van der Waals surface area contributed by atoms with E-state index in [9.17, 15) is 0 Å². The van der Waals surface area contributed by atoms with E-state index in [1.807, 2.05) is 49.4 Å². The van der Waals surface area contributed by atoms with E-state index in [-0.39, 0.29) is 0 Å². The third-order valence-corrected chi connectivity index (χ3v) is 3.73. The number of rotatable bonds is 3. The minimum Gasteiger partial charge on any atom is -0.438 e. The van der Waals surface area contributed by atoms with E-state index < -0.39 is 0 Å². The molecule has 1 aromatic heterocycles. The van der Waals surface area contributed by atoms with Crippen molar-refractivity contribution in [3.8, 4) is 11.6 Å². The van der Waals surface area contributed by atoms with Crippen LogP contribution in [0.4, 0.5) is 0 Å². The molecule has 0 aliphatic rings. The maximum Gasteiger partial charge on any atom is 0.224 e. The van der Waals surface area contributed by atoms with Crippen LogP contribution in [-0.4, -0.2) is 4.98 Å². The number of hydrogen-bond acceptors (Lipinski definition) is 2. The maximum atomic E-state index is 6.04. The van der Waals surface area contributed by atoms with Crippen molar-refractivity contribution in [3.63, 3.8) is 0 Å². The van der Waals surface area contributed by atoms with E-state index in [1.165, 1.54) is 5.56 Å². The van der Waals surface area contributed by atoms with Crippen LogP contribution in [-0.2, 0) is 5.88 Å². The van der Waals surface area contributed by atoms with Gasteiger partial charge >= 0.3 is 0 Å². The van der Waals surface area contributed by atoms with Crippen molar-refractivity contribution in [1.29, 1.82) is 0 Å². The Morgan fingerprint density at radius 3 is 2.62 bits per heavy atom. The number of aromatic nitrogens is 1. The molecule has 0 radical (unpaired) electrons. The fourth-order valence-corrected chi connectivity index (χ4v) is 2.54. The Morgan fingerprint density at radius 2 is 1.86 bits per heavy atom. The molecule has 0 N–H and O–H groups in total. The number of nitrogens with zero attached hydrogens (tertiary/aromatic N) is 1. The van der Waals surface area contributed by atoms with Crippen molar-refractivity contribution in [2.75, 3.05) is 0 Å². The van der Waals surface area contributed by atoms with Crippen LogP contribution in [0.2, 0.25) is 0 Å². The number of hydrogen-bond donors (Lipinski definition) is 0. The Kier molecular flexibility index (Phi) is 3.80. The third-order valence-electron chi connectivity index (χ3n) is 3.44. The molecule has 0 fully saturated rings. The number of pyridine rings is 1. The van der Waals surface area contributed by atoms with Gasteiger partial charge in [0.05, 0.1) is 11.4 Å². The molecule has 21 heavy (non-hydrogen) atoms. The molecule has 2 nitrogen and oxygen atoms in total. The Balaban J connectivity index is 2.06. The lowest BCUT2D eigenvalue weighted by Gasteiger charge is -2.12. The van der Waals surface area contributed by atoms with Gasteiger partial charge < -0.3 is 4.74 Å². The van der Waals surface area contributed by atoms with Crippen molar-refractivity contribution in [2.24, 2.45) is 0 Å². The van der Waals surface area contributed by atoms with Crippen molar-refractivity contribution in [1.82, 2.24) is 4.98 Å². The molecule has 3 rings (SSSR count). The van der Waals surface area contributed by atoms with E-state index in [0.29, 0.717) is 11.8 Å². The molecule has 0 unspecified atom stereocenters. The number of alkyl halides is 1. The summed E-state index contributed by atoms with van der Waals surface area (Å²) < 4.78 is 6.00. The molecule has 0 atom stereocenters. The standard InChI is InChI=1S/C18H16ClNO/c1-12-7-8-17(13(2)9-12)21-18-15(11-19)10-14-5-3-4-6-16(14)20-18/h3-10H,11H2,1-2H3. The number of aryl methyl sites for hydroxylation is 2. The second-order valence-electron chi connectivity index (χ2n) is 5.15. The van der Waals surface area contributed by atoms with Gasteiger partial charge in [-0.05, 0) is 37.6 Å². The average molecular weight is 298 g/mol. The van der Waals surface area contributed by atoms with Gasteiger partial charge in [0.2, 0.25) is 5.88 Å². The van der Waals surface area contributed by atoms with Gasteiger partial charge in [0, 0.05) is 10.9 Å². The number of ether oxygens (including phenoxy) is 1. The molecule has 0 aliphatic carbocycles. The molecule has 3 aromatic rings. The van der Waals surface area contributed by atoms with E-state index in [1.54, 1.807) is 0 Å². The first-order valence-corrected chi connectivity index (χ1v) is 7.40. The Bertz CT molecular complexity index is 798. The molecule has 0 spiro atoms. The minimum absolute atomic E-state index is 0.373. The van der Waals surface area contributed by atoms with Crippen LogP contribution in [0.3, 0.4) is 0 Å². The van der Waals surface area contributed by atoms with Crippen LogP contribution in [0.15, 0.2) is 48.5 Å². The van der Waals surface area contributed by atoms with Gasteiger partial charge in [-0.2, -0.15) is 0 Å². The predicted molar refractivity (Wildman–Crippen MR) is 87.3 cm³/mol. The van der Waals surface area contributed by atoms with Crippen LogP contribution in [0.1, 0.15) is 16.7 Å². The topological polar surface area (TPSA) is 22.1 Å². The van der Waals surface area contributed by atoms with Crippen molar-refractivity contribution >= 4 is 22.5 Å². The second-order valence-corrected chi connectivity index (χ2v) is 5.42. The monoisotopic (exact) mass is 297 g/mol. The highest BCUT2D eigenvalue weighted by Crippen LogP contribution is 2.30. The molecule has 0 saturated heterocycles. The molecular formula is C18H16ClNO. The number of para-hydroxylation sites is 1. The van der Waals surface area contributed by atoms with Crippen LogP contribution >= 0.6 is 11.6 Å². The largest absolute Gasteiger partial charge is 0.438 e. The summed E-state index contributed by atoms with van der Waals surface area (Å²) >= 11 is 6.04. The summed E-state index contributed by atoms with van der Waals surface area (Å²) in [5.74, 6) is 1.77. The van der Waals surface area contributed by atoms with E-state index in [4.69, 9.17) is 16.3 Å². The molecule has 0 amide bonds. The zero-order valence-electron chi connectivity index (χ0n) is 12.1. The number of halogens is 1. The molecule has 0 aliphatic heterocycles. The summed E-state index contributed by atoms with van der Waals surface area (Å²) in [5.41, 5.74) is 4.11. The molecule has 0 saturated carbocycles. The summed E-state index contributed by atoms with van der Waals surface area (Å²) in [5, 5.41) is 1.07. The third kappa shape index (κ3) is 2.86. The Hall–Kier alpha value is -2.06. The summed E-state index contributed by atoms with van der Waals surface area (Å²) in [6.07, 6.45) is 0. The average Bonchev–Trinajstić information content (AvgIpc) is 2.49. The molecule has 0 bridgehead atoms. The molecule has 3 heteroatoms. The zero-order chi connectivity index (χ0) is 14.8. The van der Waals surface area contributed by atoms with Crippen molar-refractivity contribution < 1.29 is 4.74 Å². The lowest BCUT2D eigenvalue weighted by molar-refractivity contribution is 0.457. The lowest BCUT2D eigenvalue weighted by Crippen LogP contribution is -1.96. The molecule has 1 heterocycles. The Morgan fingerprint density at radius 1 is 1.05 bits per heavy atom. The van der Waals surface area contributed by atoms with Crippen molar-refractivity contribution in [3.05, 3.63) is 65.2 Å². The van der Waals surface area contributed by atoms with E-state index in [0.717, 1.165) is 27.8 Å². The van der Waals surface area contributed by atoms with E-state index in [2.05, 4.69) is 18.0 Å². The number of fused-ring (bicyclic) bond motifs is 1. The van der Waals surface area contributed by atoms with Crippen LogP contribution in [0.5, 0.6) is 11.6 Å². The van der Waals surface area contributed by atoms with Gasteiger partial charge in [0.1, 0.15) is 5.75 Å². The van der Waals surface area contributed by atoms with Crippen LogP contribution in [0, 0.1) is 13.8 Å². The molecule has 2 aromatic carbocycles. The van der Waals surface area contributed by atoms with Crippen LogP contribution < -0.4 is 4.74 Å². The minimum atomic E-state index is 0.373. The smallest absolute Gasteiger partial charge is 0.224 e. The normalized spacial score (nSPS) is 10.8. The fraction of sp³-hybridized carbons (Fsp3) is 0.167. The quantitative estimate of drug-likeness (QED) is 0.605. The molecular weight excluding hydrogens is 282 g/mol. The van der Waals surface area contributed by atoms with Gasteiger partial charge in [-0.3, -0.25) is 0 Å². The van der Waals surface area contributed by atoms with Gasteiger partial charge in [-0.25, -0.2) is 4.98 Å². The highest BCUT2D eigenvalue weighted by molar-refractivity contribution is 6.17.